The third-order valence-electron chi connectivity index (χ3n) is 2.53. The van der Waals surface area contributed by atoms with Crippen LogP contribution in [0.3, 0.4) is 0 Å². The lowest BCUT2D eigenvalue weighted by molar-refractivity contribution is 0.0688. The van der Waals surface area contributed by atoms with E-state index in [-0.39, 0.29) is 5.91 Å². The van der Waals surface area contributed by atoms with Crippen LogP contribution in [0.25, 0.3) is 0 Å². The maximum Gasteiger partial charge on any atom is 0.255 e. The number of carbonyl (C=O) groups excluding carboxylic acids is 1. The first kappa shape index (κ1) is 15.5. The molecule has 0 spiro atoms. The van der Waals surface area contributed by atoms with Crippen molar-refractivity contribution in [2.45, 2.75) is 6.42 Å². The minimum atomic E-state index is -0.130. The second kappa shape index (κ2) is 9.35. The average molecular weight is 267 g/mol. The van der Waals surface area contributed by atoms with Crippen molar-refractivity contribution in [3.8, 4) is 5.75 Å². The maximum atomic E-state index is 11.9. The van der Waals surface area contributed by atoms with Crippen LogP contribution in [0.2, 0.25) is 0 Å². The van der Waals surface area contributed by atoms with E-state index < -0.39 is 0 Å². The maximum absolute atomic E-state index is 11.9. The third-order valence-corrected chi connectivity index (χ3v) is 2.53. The van der Waals surface area contributed by atoms with Gasteiger partial charge < -0.3 is 19.5 Å². The minimum Gasteiger partial charge on any atom is -0.496 e. The molecule has 0 aliphatic carbocycles. The molecule has 1 amide bonds. The van der Waals surface area contributed by atoms with E-state index in [2.05, 4.69) is 5.32 Å². The molecule has 19 heavy (non-hydrogen) atoms. The van der Waals surface area contributed by atoms with E-state index in [0.29, 0.717) is 37.7 Å². The number of para-hydroxylation sites is 1. The minimum absolute atomic E-state index is 0.130. The van der Waals surface area contributed by atoms with E-state index in [9.17, 15) is 4.79 Å². The smallest absolute Gasteiger partial charge is 0.255 e. The van der Waals surface area contributed by atoms with Crippen LogP contribution in [0.15, 0.2) is 24.3 Å². The summed E-state index contributed by atoms with van der Waals surface area (Å²) in [6.07, 6.45) is 0.768. The quantitative estimate of drug-likeness (QED) is 0.689. The summed E-state index contributed by atoms with van der Waals surface area (Å²) in [6.45, 7) is 2.35. The van der Waals surface area contributed by atoms with E-state index >= 15 is 0 Å². The third kappa shape index (κ3) is 5.72. The van der Waals surface area contributed by atoms with Gasteiger partial charge in [0.05, 0.1) is 25.9 Å². The normalized spacial score (nSPS) is 10.2. The van der Waals surface area contributed by atoms with Gasteiger partial charge in [-0.25, -0.2) is 0 Å². The number of amides is 1. The van der Waals surface area contributed by atoms with Crippen LogP contribution in [0.4, 0.5) is 0 Å². The number of hydrogen-bond acceptors (Lipinski definition) is 4. The van der Waals surface area contributed by atoms with Gasteiger partial charge >= 0.3 is 0 Å². The predicted molar refractivity (Wildman–Crippen MR) is 72.6 cm³/mol. The van der Waals surface area contributed by atoms with E-state index in [1.54, 1.807) is 26.4 Å². The fraction of sp³-hybridized carbons (Fsp3) is 0.500. The summed E-state index contributed by atoms with van der Waals surface area (Å²) in [6, 6.07) is 7.15. The summed E-state index contributed by atoms with van der Waals surface area (Å²) in [5, 5.41) is 2.83. The largest absolute Gasteiger partial charge is 0.496 e. The first-order valence-corrected chi connectivity index (χ1v) is 6.27. The van der Waals surface area contributed by atoms with E-state index in [1.807, 2.05) is 12.1 Å². The van der Waals surface area contributed by atoms with Crippen LogP contribution >= 0.6 is 0 Å². The van der Waals surface area contributed by atoms with Crippen LogP contribution in [-0.4, -0.2) is 46.5 Å². The highest BCUT2D eigenvalue weighted by Crippen LogP contribution is 2.16. The Balaban J connectivity index is 2.24. The fourth-order valence-corrected chi connectivity index (χ4v) is 1.55. The molecule has 0 unspecified atom stereocenters. The molecule has 1 aromatic carbocycles. The highest BCUT2D eigenvalue weighted by atomic mass is 16.5. The Bertz CT molecular complexity index is 381. The van der Waals surface area contributed by atoms with Gasteiger partial charge in [-0.3, -0.25) is 4.79 Å². The molecule has 0 bridgehead atoms. The molecule has 1 rings (SSSR count). The molecule has 106 valence electrons. The summed E-state index contributed by atoms with van der Waals surface area (Å²) < 4.78 is 15.3. The van der Waals surface area contributed by atoms with Crippen molar-refractivity contribution >= 4 is 5.91 Å². The Morgan fingerprint density at radius 3 is 2.68 bits per heavy atom. The van der Waals surface area contributed by atoms with Gasteiger partial charge in [0.25, 0.3) is 5.91 Å². The fourth-order valence-electron chi connectivity index (χ4n) is 1.55. The highest BCUT2D eigenvalue weighted by molar-refractivity contribution is 5.96. The lowest BCUT2D eigenvalue weighted by Gasteiger charge is -2.09. The molecule has 1 N–H and O–H groups in total. The van der Waals surface area contributed by atoms with Gasteiger partial charge in [-0.1, -0.05) is 12.1 Å². The number of hydrogen-bond donors (Lipinski definition) is 1. The van der Waals surface area contributed by atoms with Gasteiger partial charge in [0, 0.05) is 20.3 Å². The SMILES string of the molecule is COCCOCCCNC(=O)c1ccccc1OC. The summed E-state index contributed by atoms with van der Waals surface area (Å²) in [7, 11) is 3.19. The molecular weight excluding hydrogens is 246 g/mol. The van der Waals surface area contributed by atoms with Gasteiger partial charge in [-0.2, -0.15) is 0 Å². The van der Waals surface area contributed by atoms with Crippen LogP contribution < -0.4 is 10.1 Å². The van der Waals surface area contributed by atoms with Gasteiger partial charge in [0.1, 0.15) is 5.75 Å². The van der Waals surface area contributed by atoms with Crippen LogP contribution in [0, 0.1) is 0 Å². The number of carbonyl (C=O) groups is 1. The van der Waals surface area contributed by atoms with Gasteiger partial charge in [-0.05, 0) is 18.6 Å². The topological polar surface area (TPSA) is 56.8 Å². The van der Waals surface area contributed by atoms with Gasteiger partial charge in [0.15, 0.2) is 0 Å². The van der Waals surface area contributed by atoms with Crippen LogP contribution in [0.1, 0.15) is 16.8 Å². The monoisotopic (exact) mass is 267 g/mol. The number of nitrogens with one attached hydrogen (secondary N) is 1. The van der Waals surface area contributed by atoms with Crippen LogP contribution in [0.5, 0.6) is 5.75 Å². The lowest BCUT2D eigenvalue weighted by atomic mass is 10.2. The van der Waals surface area contributed by atoms with Crippen molar-refractivity contribution in [2.24, 2.45) is 0 Å². The van der Waals surface area contributed by atoms with E-state index in [4.69, 9.17) is 14.2 Å². The van der Waals surface area contributed by atoms with Crippen molar-refractivity contribution in [3.63, 3.8) is 0 Å². The van der Waals surface area contributed by atoms with Crippen molar-refractivity contribution in [3.05, 3.63) is 29.8 Å². The molecule has 0 fully saturated rings. The Kier molecular flexibility index (Phi) is 7.62. The molecule has 0 aliphatic rings. The zero-order valence-corrected chi connectivity index (χ0v) is 11.5. The summed E-state index contributed by atoms with van der Waals surface area (Å²) in [4.78, 5) is 11.9. The van der Waals surface area contributed by atoms with Crippen LogP contribution in [-0.2, 0) is 9.47 Å². The standard InChI is InChI=1S/C14H21NO4/c1-17-10-11-19-9-5-8-15-14(16)12-6-3-4-7-13(12)18-2/h3-4,6-7H,5,8-11H2,1-2H3,(H,15,16). The second-order valence-corrected chi connectivity index (χ2v) is 3.91. The summed E-state index contributed by atoms with van der Waals surface area (Å²) >= 11 is 0. The molecule has 0 heterocycles. The predicted octanol–water partition coefficient (Wildman–Crippen LogP) is 1.48. The molecule has 5 heteroatoms. The van der Waals surface area contributed by atoms with Gasteiger partial charge in [-0.15, -0.1) is 0 Å². The van der Waals surface area contributed by atoms with Gasteiger partial charge in [0.2, 0.25) is 0 Å². The molecule has 0 aliphatic heterocycles. The van der Waals surface area contributed by atoms with Crippen molar-refractivity contribution in [2.75, 3.05) is 40.6 Å². The van der Waals surface area contributed by atoms with Crippen molar-refractivity contribution in [1.29, 1.82) is 0 Å². The summed E-state index contributed by atoms with van der Waals surface area (Å²) in [5.74, 6) is 0.450. The first-order valence-electron chi connectivity index (χ1n) is 6.27. The molecule has 0 radical (unpaired) electrons. The Labute approximate surface area is 113 Å². The van der Waals surface area contributed by atoms with Crippen molar-refractivity contribution < 1.29 is 19.0 Å². The first-order chi connectivity index (χ1) is 9.29. The zero-order chi connectivity index (χ0) is 13.9. The molecular formula is C14H21NO4. The average Bonchev–Trinajstić information content (AvgIpc) is 2.46. The Hall–Kier alpha value is -1.59. The second-order valence-electron chi connectivity index (χ2n) is 3.91. The molecule has 0 aromatic heterocycles. The Morgan fingerprint density at radius 2 is 1.95 bits per heavy atom. The number of benzene rings is 1. The highest BCUT2D eigenvalue weighted by Gasteiger charge is 2.10. The van der Waals surface area contributed by atoms with E-state index in [0.717, 1.165) is 6.42 Å². The molecule has 0 atom stereocenters. The Morgan fingerprint density at radius 1 is 1.16 bits per heavy atom. The molecule has 5 nitrogen and oxygen atoms in total. The lowest BCUT2D eigenvalue weighted by Crippen LogP contribution is -2.25. The number of rotatable bonds is 9. The number of methoxy groups -OCH3 is 2. The van der Waals surface area contributed by atoms with E-state index in [1.165, 1.54) is 0 Å². The molecule has 1 aromatic rings. The van der Waals surface area contributed by atoms with Crippen molar-refractivity contribution in [1.82, 2.24) is 5.32 Å². The summed E-state index contributed by atoms with van der Waals surface area (Å²) in [5.41, 5.74) is 0.547. The zero-order valence-electron chi connectivity index (χ0n) is 11.5. The molecule has 0 saturated carbocycles. The molecule has 0 saturated heterocycles. The number of ether oxygens (including phenoxy) is 3.